The number of rotatable bonds is 3. The predicted molar refractivity (Wildman–Crippen MR) is 62.6 cm³/mol. The van der Waals surface area contributed by atoms with Crippen molar-refractivity contribution >= 4 is 12.6 Å². The van der Waals surface area contributed by atoms with Crippen molar-refractivity contribution in [2.45, 2.75) is 38.9 Å². The van der Waals surface area contributed by atoms with E-state index in [-0.39, 0.29) is 0 Å². The minimum atomic E-state index is 0.655. The minimum absolute atomic E-state index is 0.655. The van der Waals surface area contributed by atoms with Crippen LogP contribution in [0.2, 0.25) is 0 Å². The lowest BCUT2D eigenvalue weighted by Gasteiger charge is -2.14. The zero-order chi connectivity index (χ0) is 9.84. The number of aryl methyl sites for hydroxylation is 1. The van der Waals surface area contributed by atoms with Crippen LogP contribution in [0, 0.1) is 6.92 Å². The van der Waals surface area contributed by atoms with Gasteiger partial charge in [-0.25, -0.2) is 0 Å². The van der Waals surface area contributed by atoms with Crippen LogP contribution in [0.5, 0.6) is 0 Å². The third-order valence-corrected chi connectivity index (χ3v) is 2.95. The fourth-order valence-corrected chi connectivity index (χ4v) is 1.85. The van der Waals surface area contributed by atoms with E-state index in [9.17, 15) is 0 Å². The van der Waals surface area contributed by atoms with Crippen molar-refractivity contribution in [1.82, 2.24) is 0 Å². The fourth-order valence-electron chi connectivity index (χ4n) is 1.57. The van der Waals surface area contributed by atoms with E-state index >= 15 is 0 Å². The SMILES string of the molecule is CCC(C)c1ccc(C)cc1CS. The maximum absolute atomic E-state index is 4.36. The molecule has 0 saturated carbocycles. The van der Waals surface area contributed by atoms with Crippen molar-refractivity contribution in [3.8, 4) is 0 Å². The predicted octanol–water partition coefficient (Wildman–Crippen LogP) is 3.94. The minimum Gasteiger partial charge on any atom is -0.175 e. The average molecular weight is 194 g/mol. The number of thiol groups is 1. The average Bonchev–Trinajstić information content (AvgIpc) is 2.16. The van der Waals surface area contributed by atoms with Crippen molar-refractivity contribution in [2.24, 2.45) is 0 Å². The van der Waals surface area contributed by atoms with Gasteiger partial charge in [0.15, 0.2) is 0 Å². The summed E-state index contributed by atoms with van der Waals surface area (Å²) in [6.07, 6.45) is 1.20. The van der Waals surface area contributed by atoms with E-state index in [0.29, 0.717) is 5.92 Å². The first-order chi connectivity index (χ1) is 6.19. The van der Waals surface area contributed by atoms with Gasteiger partial charge in [0.25, 0.3) is 0 Å². The highest BCUT2D eigenvalue weighted by Crippen LogP contribution is 2.24. The highest BCUT2D eigenvalue weighted by molar-refractivity contribution is 7.79. The van der Waals surface area contributed by atoms with Gasteiger partial charge in [0.05, 0.1) is 0 Å². The van der Waals surface area contributed by atoms with E-state index < -0.39 is 0 Å². The molecule has 1 rings (SSSR count). The summed E-state index contributed by atoms with van der Waals surface area (Å²) in [4.78, 5) is 0. The molecule has 1 unspecified atom stereocenters. The van der Waals surface area contributed by atoms with E-state index in [1.807, 2.05) is 0 Å². The summed E-state index contributed by atoms with van der Waals surface area (Å²) in [5.74, 6) is 1.50. The second-order valence-electron chi connectivity index (χ2n) is 3.67. The zero-order valence-corrected chi connectivity index (χ0v) is 9.57. The zero-order valence-electron chi connectivity index (χ0n) is 8.67. The van der Waals surface area contributed by atoms with Gasteiger partial charge in [-0.15, -0.1) is 0 Å². The van der Waals surface area contributed by atoms with Gasteiger partial charge in [-0.1, -0.05) is 37.6 Å². The van der Waals surface area contributed by atoms with E-state index in [2.05, 4.69) is 51.6 Å². The van der Waals surface area contributed by atoms with E-state index in [0.717, 1.165) is 5.75 Å². The monoisotopic (exact) mass is 194 g/mol. The Bertz CT molecular complexity index is 278. The lowest BCUT2D eigenvalue weighted by atomic mass is 9.93. The molecular weight excluding hydrogens is 176 g/mol. The Morgan fingerprint density at radius 3 is 2.62 bits per heavy atom. The summed E-state index contributed by atoms with van der Waals surface area (Å²) in [5, 5.41) is 0. The smallest absolute Gasteiger partial charge is 0.0157 e. The molecule has 0 radical (unpaired) electrons. The van der Waals surface area contributed by atoms with Crippen LogP contribution in [0.25, 0.3) is 0 Å². The van der Waals surface area contributed by atoms with Crippen LogP contribution < -0.4 is 0 Å². The van der Waals surface area contributed by atoms with Gasteiger partial charge in [0.2, 0.25) is 0 Å². The highest BCUT2D eigenvalue weighted by atomic mass is 32.1. The van der Waals surface area contributed by atoms with Crippen molar-refractivity contribution in [1.29, 1.82) is 0 Å². The Labute approximate surface area is 86.8 Å². The number of benzene rings is 1. The maximum atomic E-state index is 4.36. The maximum Gasteiger partial charge on any atom is 0.0157 e. The summed E-state index contributed by atoms with van der Waals surface area (Å²) in [7, 11) is 0. The lowest BCUT2D eigenvalue weighted by molar-refractivity contribution is 0.727. The van der Waals surface area contributed by atoms with Crippen LogP contribution in [-0.4, -0.2) is 0 Å². The first kappa shape index (κ1) is 10.6. The molecule has 0 nitrogen and oxygen atoms in total. The largest absolute Gasteiger partial charge is 0.175 e. The van der Waals surface area contributed by atoms with Crippen molar-refractivity contribution in [2.75, 3.05) is 0 Å². The second kappa shape index (κ2) is 4.71. The van der Waals surface area contributed by atoms with Crippen molar-refractivity contribution in [3.05, 3.63) is 34.9 Å². The van der Waals surface area contributed by atoms with Crippen LogP contribution in [0.1, 0.15) is 42.9 Å². The normalized spacial score (nSPS) is 12.9. The molecule has 0 saturated heterocycles. The molecule has 0 aliphatic heterocycles. The Morgan fingerprint density at radius 2 is 2.08 bits per heavy atom. The molecule has 0 fully saturated rings. The molecular formula is C12H18S. The van der Waals surface area contributed by atoms with Crippen LogP contribution in [-0.2, 0) is 5.75 Å². The van der Waals surface area contributed by atoms with Gasteiger partial charge in [-0.05, 0) is 30.4 Å². The molecule has 13 heavy (non-hydrogen) atoms. The molecule has 0 aromatic heterocycles. The summed E-state index contributed by atoms with van der Waals surface area (Å²) in [5.41, 5.74) is 4.18. The topological polar surface area (TPSA) is 0 Å². The van der Waals surface area contributed by atoms with Gasteiger partial charge < -0.3 is 0 Å². The molecule has 1 heteroatoms. The van der Waals surface area contributed by atoms with E-state index in [1.54, 1.807) is 0 Å². The molecule has 0 N–H and O–H groups in total. The van der Waals surface area contributed by atoms with Gasteiger partial charge in [-0.3, -0.25) is 0 Å². The van der Waals surface area contributed by atoms with Gasteiger partial charge in [0.1, 0.15) is 0 Å². The highest BCUT2D eigenvalue weighted by Gasteiger charge is 2.07. The van der Waals surface area contributed by atoms with Crippen LogP contribution in [0.4, 0.5) is 0 Å². The molecule has 0 aliphatic rings. The molecule has 1 atom stereocenters. The molecule has 0 amide bonds. The summed E-state index contributed by atoms with van der Waals surface area (Å²) in [6, 6.07) is 6.68. The van der Waals surface area contributed by atoms with E-state index in [4.69, 9.17) is 0 Å². The molecule has 1 aromatic rings. The third-order valence-electron chi connectivity index (χ3n) is 2.61. The quantitative estimate of drug-likeness (QED) is 0.692. The summed E-state index contributed by atoms with van der Waals surface area (Å²) in [6.45, 7) is 6.64. The molecule has 1 aromatic carbocycles. The van der Waals surface area contributed by atoms with Crippen LogP contribution in [0.15, 0.2) is 18.2 Å². The van der Waals surface area contributed by atoms with Crippen LogP contribution in [0.3, 0.4) is 0 Å². The summed E-state index contributed by atoms with van der Waals surface area (Å²) >= 11 is 4.36. The van der Waals surface area contributed by atoms with Gasteiger partial charge >= 0.3 is 0 Å². The third kappa shape index (κ3) is 2.50. The molecule has 0 aliphatic carbocycles. The molecule has 0 bridgehead atoms. The molecule has 72 valence electrons. The summed E-state index contributed by atoms with van der Waals surface area (Å²) < 4.78 is 0. The standard InChI is InChI=1S/C12H18S/c1-4-10(3)12-6-5-9(2)7-11(12)8-13/h5-7,10,13H,4,8H2,1-3H3. The first-order valence-corrected chi connectivity index (χ1v) is 5.52. The Hall–Kier alpha value is -0.430. The Kier molecular flexibility index (Phi) is 3.86. The Balaban J connectivity index is 3.05. The number of hydrogen-bond donors (Lipinski definition) is 1. The molecule has 0 heterocycles. The number of hydrogen-bond acceptors (Lipinski definition) is 1. The van der Waals surface area contributed by atoms with Gasteiger partial charge in [-0.2, -0.15) is 12.6 Å². The Morgan fingerprint density at radius 1 is 1.38 bits per heavy atom. The van der Waals surface area contributed by atoms with Crippen molar-refractivity contribution in [3.63, 3.8) is 0 Å². The lowest BCUT2D eigenvalue weighted by Crippen LogP contribution is -1.97. The van der Waals surface area contributed by atoms with Crippen molar-refractivity contribution < 1.29 is 0 Å². The van der Waals surface area contributed by atoms with Gasteiger partial charge in [0, 0.05) is 5.75 Å². The van der Waals surface area contributed by atoms with E-state index in [1.165, 1.54) is 23.1 Å². The first-order valence-electron chi connectivity index (χ1n) is 4.89. The fraction of sp³-hybridized carbons (Fsp3) is 0.500. The second-order valence-corrected chi connectivity index (χ2v) is 3.99. The molecule has 0 spiro atoms. The van der Waals surface area contributed by atoms with Crippen LogP contribution >= 0.6 is 12.6 Å².